The molecule has 0 atom stereocenters. The van der Waals surface area contributed by atoms with E-state index in [0.717, 1.165) is 6.54 Å². The number of hydrogen-bond acceptors (Lipinski definition) is 4. The van der Waals surface area contributed by atoms with Crippen molar-refractivity contribution >= 4 is 21.8 Å². The Balaban J connectivity index is 3.53. The summed E-state index contributed by atoms with van der Waals surface area (Å²) in [6, 6.07) is 0. The minimum Gasteiger partial charge on any atom is -0.316 e. The summed E-state index contributed by atoms with van der Waals surface area (Å²) in [6.45, 7) is 3.66. The minimum absolute atomic E-state index is 0.126. The average molecular weight is 250 g/mol. The monoisotopic (exact) mass is 250 g/mol. The van der Waals surface area contributed by atoms with Crippen molar-refractivity contribution in [3.05, 3.63) is 0 Å². The highest BCUT2D eigenvalue weighted by Crippen LogP contribution is 1.96. The first-order valence-electron chi connectivity index (χ1n) is 4.81. The molecule has 0 bridgehead atoms. The quantitative estimate of drug-likeness (QED) is 0.442. The molecule has 4 nitrogen and oxygen atoms in total. The summed E-state index contributed by atoms with van der Waals surface area (Å²) < 4.78 is 25.2. The maximum absolute atomic E-state index is 11.3. The Morgan fingerprint density at radius 1 is 1.40 bits per heavy atom. The molecular weight excluding hydrogens is 232 g/mol. The van der Waals surface area contributed by atoms with E-state index in [1.54, 1.807) is 11.8 Å². The third-order valence-corrected chi connectivity index (χ3v) is 3.80. The van der Waals surface area contributed by atoms with E-state index in [9.17, 15) is 8.42 Å². The van der Waals surface area contributed by atoms with Gasteiger partial charge in [0.1, 0.15) is 0 Å². The Bertz CT molecular complexity index is 283. The van der Waals surface area contributed by atoms with Gasteiger partial charge in [0.05, 0.1) is 11.5 Å². The van der Waals surface area contributed by atoms with E-state index in [1.165, 1.54) is 0 Å². The predicted molar refractivity (Wildman–Crippen MR) is 66.5 cm³/mol. The molecule has 0 aliphatic heterocycles. The van der Waals surface area contributed by atoms with Gasteiger partial charge in [-0.15, -0.1) is 18.2 Å². The van der Waals surface area contributed by atoms with E-state index >= 15 is 0 Å². The van der Waals surface area contributed by atoms with Crippen LogP contribution in [0.3, 0.4) is 0 Å². The van der Waals surface area contributed by atoms with Gasteiger partial charge in [-0.3, -0.25) is 0 Å². The molecule has 0 fully saturated rings. The van der Waals surface area contributed by atoms with Gasteiger partial charge >= 0.3 is 0 Å². The second kappa shape index (κ2) is 9.04. The Kier molecular flexibility index (Phi) is 8.91. The predicted octanol–water partition coefficient (Wildman–Crippen LogP) is -0.118. The molecule has 0 spiro atoms. The fourth-order valence-electron chi connectivity index (χ4n) is 0.856. The molecule has 6 heteroatoms. The van der Waals surface area contributed by atoms with Gasteiger partial charge in [0, 0.05) is 18.8 Å². The first-order chi connectivity index (χ1) is 7.12. The van der Waals surface area contributed by atoms with Crippen LogP contribution in [0.5, 0.6) is 0 Å². The fourth-order valence-corrected chi connectivity index (χ4v) is 2.46. The molecule has 0 aliphatic carbocycles. The first-order valence-corrected chi connectivity index (χ1v) is 7.62. The lowest BCUT2D eigenvalue weighted by Crippen LogP contribution is -2.33. The van der Waals surface area contributed by atoms with E-state index in [0.29, 0.717) is 24.6 Å². The molecule has 88 valence electrons. The molecule has 0 aliphatic rings. The van der Waals surface area contributed by atoms with Crippen LogP contribution in [0.25, 0.3) is 0 Å². The van der Waals surface area contributed by atoms with E-state index < -0.39 is 10.0 Å². The Morgan fingerprint density at radius 3 is 2.73 bits per heavy atom. The molecule has 0 aromatic carbocycles. The van der Waals surface area contributed by atoms with Gasteiger partial charge in [-0.25, -0.2) is 13.1 Å². The summed E-state index contributed by atoms with van der Waals surface area (Å²) in [6.07, 6.45) is 5.06. The molecule has 15 heavy (non-hydrogen) atoms. The van der Waals surface area contributed by atoms with Crippen molar-refractivity contribution in [1.29, 1.82) is 0 Å². The SMILES string of the molecule is C#CCSCCNS(=O)(=O)CCNCC. The number of terminal acetylenes is 1. The summed E-state index contributed by atoms with van der Waals surface area (Å²) in [7, 11) is -3.12. The van der Waals surface area contributed by atoms with Gasteiger partial charge in [0.15, 0.2) is 0 Å². The van der Waals surface area contributed by atoms with Crippen molar-refractivity contribution < 1.29 is 8.42 Å². The van der Waals surface area contributed by atoms with Crippen LogP contribution in [0, 0.1) is 12.3 Å². The zero-order valence-electron chi connectivity index (χ0n) is 8.95. The van der Waals surface area contributed by atoms with Crippen LogP contribution in [0.2, 0.25) is 0 Å². The van der Waals surface area contributed by atoms with Gasteiger partial charge in [-0.1, -0.05) is 12.8 Å². The van der Waals surface area contributed by atoms with Gasteiger partial charge in [0.2, 0.25) is 10.0 Å². The lowest BCUT2D eigenvalue weighted by molar-refractivity contribution is 0.580. The Labute approximate surface area is 96.6 Å². The fraction of sp³-hybridized carbons (Fsp3) is 0.778. The molecule has 0 saturated heterocycles. The molecule has 0 aromatic heterocycles. The van der Waals surface area contributed by atoms with Gasteiger partial charge in [-0.05, 0) is 6.54 Å². The normalized spacial score (nSPS) is 11.2. The highest BCUT2D eigenvalue weighted by atomic mass is 32.2. The number of rotatable bonds is 9. The highest BCUT2D eigenvalue weighted by molar-refractivity contribution is 7.99. The van der Waals surface area contributed by atoms with Gasteiger partial charge in [-0.2, -0.15) is 0 Å². The molecule has 2 N–H and O–H groups in total. The zero-order chi connectivity index (χ0) is 11.6. The smallest absolute Gasteiger partial charge is 0.212 e. The number of thioether (sulfide) groups is 1. The first kappa shape index (κ1) is 14.8. The minimum atomic E-state index is -3.12. The van der Waals surface area contributed by atoms with Crippen molar-refractivity contribution in [2.24, 2.45) is 0 Å². The van der Waals surface area contributed by atoms with E-state index in [4.69, 9.17) is 6.42 Å². The van der Waals surface area contributed by atoms with Crippen molar-refractivity contribution in [3.63, 3.8) is 0 Å². The third-order valence-electron chi connectivity index (χ3n) is 1.55. The van der Waals surface area contributed by atoms with Crippen LogP contribution in [0.15, 0.2) is 0 Å². The summed E-state index contributed by atoms with van der Waals surface area (Å²) in [5.41, 5.74) is 0. The molecule has 0 heterocycles. The Morgan fingerprint density at radius 2 is 2.13 bits per heavy atom. The van der Waals surface area contributed by atoms with Crippen LogP contribution >= 0.6 is 11.8 Å². The van der Waals surface area contributed by atoms with Crippen LogP contribution in [0.1, 0.15) is 6.92 Å². The van der Waals surface area contributed by atoms with Gasteiger partial charge < -0.3 is 5.32 Å². The summed E-state index contributed by atoms with van der Waals surface area (Å²) in [5, 5.41) is 2.96. The lowest BCUT2D eigenvalue weighted by Gasteiger charge is -2.06. The summed E-state index contributed by atoms with van der Waals surface area (Å²) in [5.74, 6) is 3.95. The van der Waals surface area contributed by atoms with E-state index in [-0.39, 0.29) is 5.75 Å². The summed E-state index contributed by atoms with van der Waals surface area (Å²) >= 11 is 1.54. The van der Waals surface area contributed by atoms with Crippen molar-refractivity contribution in [1.82, 2.24) is 10.0 Å². The molecule has 0 radical (unpaired) electrons. The van der Waals surface area contributed by atoms with Crippen molar-refractivity contribution in [2.45, 2.75) is 6.92 Å². The third kappa shape index (κ3) is 10.1. The van der Waals surface area contributed by atoms with Gasteiger partial charge in [0.25, 0.3) is 0 Å². The molecule has 0 aromatic rings. The van der Waals surface area contributed by atoms with E-state index in [1.807, 2.05) is 6.92 Å². The second-order valence-electron chi connectivity index (χ2n) is 2.82. The standard InChI is InChI=1S/C9H18N2O2S2/c1-3-7-14-8-5-11-15(12,13)9-6-10-4-2/h1,10-11H,4-9H2,2H3. The molecular formula is C9H18N2O2S2. The van der Waals surface area contributed by atoms with E-state index in [2.05, 4.69) is 16.0 Å². The van der Waals surface area contributed by atoms with Crippen LogP contribution < -0.4 is 10.0 Å². The highest BCUT2D eigenvalue weighted by Gasteiger charge is 2.07. The zero-order valence-corrected chi connectivity index (χ0v) is 10.6. The van der Waals surface area contributed by atoms with Crippen molar-refractivity contribution in [3.8, 4) is 12.3 Å². The van der Waals surface area contributed by atoms with Crippen LogP contribution in [-0.4, -0.2) is 45.3 Å². The largest absolute Gasteiger partial charge is 0.316 e. The maximum atomic E-state index is 11.3. The maximum Gasteiger partial charge on any atom is 0.212 e. The van der Waals surface area contributed by atoms with Crippen LogP contribution in [-0.2, 0) is 10.0 Å². The second-order valence-corrected chi connectivity index (χ2v) is 5.86. The average Bonchev–Trinajstić information content (AvgIpc) is 2.17. The number of hydrogen-bond donors (Lipinski definition) is 2. The number of nitrogens with one attached hydrogen (secondary N) is 2. The molecule has 0 rings (SSSR count). The molecule has 0 unspecified atom stereocenters. The topological polar surface area (TPSA) is 58.2 Å². The van der Waals surface area contributed by atoms with Crippen LogP contribution in [0.4, 0.5) is 0 Å². The molecule has 0 amide bonds. The Hall–Kier alpha value is -0.220. The summed E-state index contributed by atoms with van der Waals surface area (Å²) in [4.78, 5) is 0. The molecule has 0 saturated carbocycles. The van der Waals surface area contributed by atoms with Crippen molar-refractivity contribution in [2.75, 3.05) is 36.9 Å². The number of sulfonamides is 1. The lowest BCUT2D eigenvalue weighted by atomic mass is 10.7.